The first-order valence-electron chi connectivity index (χ1n) is 8.05. The SMILES string of the molecule is C[C@@H]1C[C@@H](C)C[NH+]([C@@H](C)C(=O)Nc2ccc(SC(F)F)cc2)C1. The first-order chi connectivity index (χ1) is 10.8. The Morgan fingerprint density at radius 2 is 1.78 bits per heavy atom. The van der Waals surface area contributed by atoms with Gasteiger partial charge in [0, 0.05) is 22.4 Å². The quantitative estimate of drug-likeness (QED) is 0.806. The summed E-state index contributed by atoms with van der Waals surface area (Å²) in [6.07, 6.45) is 1.22. The number of rotatable bonds is 5. The van der Waals surface area contributed by atoms with Crippen LogP contribution in [0.4, 0.5) is 14.5 Å². The van der Waals surface area contributed by atoms with Crippen LogP contribution >= 0.6 is 11.8 Å². The zero-order valence-electron chi connectivity index (χ0n) is 13.8. The zero-order valence-corrected chi connectivity index (χ0v) is 14.6. The van der Waals surface area contributed by atoms with Gasteiger partial charge in [-0.2, -0.15) is 8.78 Å². The molecule has 1 aliphatic heterocycles. The average molecular weight is 343 g/mol. The number of halogens is 2. The van der Waals surface area contributed by atoms with Gasteiger partial charge in [0.05, 0.1) is 13.1 Å². The first kappa shape index (κ1) is 18.2. The van der Waals surface area contributed by atoms with Crippen molar-refractivity contribution in [2.75, 3.05) is 18.4 Å². The van der Waals surface area contributed by atoms with Crippen LogP contribution in [0.3, 0.4) is 0 Å². The fourth-order valence-corrected chi connectivity index (χ4v) is 3.84. The highest BCUT2D eigenvalue weighted by molar-refractivity contribution is 7.99. The maximum atomic E-state index is 12.4. The number of quaternary nitrogens is 1. The summed E-state index contributed by atoms with van der Waals surface area (Å²) in [6.45, 7) is 8.46. The van der Waals surface area contributed by atoms with Crippen molar-refractivity contribution >= 4 is 23.4 Å². The normalized spacial score (nSPS) is 26.1. The smallest absolute Gasteiger partial charge is 0.288 e. The minimum absolute atomic E-state index is 0.0180. The third kappa shape index (κ3) is 5.46. The Hall–Kier alpha value is -1.14. The Bertz CT molecular complexity index is 514. The van der Waals surface area contributed by atoms with Gasteiger partial charge in [-0.1, -0.05) is 25.6 Å². The van der Waals surface area contributed by atoms with Crippen LogP contribution in [0.5, 0.6) is 0 Å². The highest BCUT2D eigenvalue weighted by Crippen LogP contribution is 2.26. The number of piperidine rings is 1. The first-order valence-corrected chi connectivity index (χ1v) is 8.93. The van der Waals surface area contributed by atoms with Crippen molar-refractivity contribution in [2.24, 2.45) is 11.8 Å². The molecule has 1 saturated heterocycles. The number of benzene rings is 1. The number of anilines is 1. The van der Waals surface area contributed by atoms with E-state index in [1.807, 2.05) is 6.92 Å². The van der Waals surface area contributed by atoms with Gasteiger partial charge >= 0.3 is 0 Å². The highest BCUT2D eigenvalue weighted by atomic mass is 32.2. The number of carbonyl (C=O) groups is 1. The molecular formula is C17H25F2N2OS+. The molecule has 0 aliphatic carbocycles. The minimum atomic E-state index is -2.43. The number of alkyl halides is 2. The van der Waals surface area contributed by atoms with Gasteiger partial charge in [-0.25, -0.2) is 0 Å². The number of likely N-dealkylation sites (tertiary alicyclic amines) is 1. The molecule has 0 radical (unpaired) electrons. The van der Waals surface area contributed by atoms with E-state index >= 15 is 0 Å². The fraction of sp³-hybridized carbons (Fsp3) is 0.588. The van der Waals surface area contributed by atoms with E-state index in [1.165, 1.54) is 11.3 Å². The molecule has 0 bridgehead atoms. The summed E-state index contributed by atoms with van der Waals surface area (Å²) in [7, 11) is 0. The summed E-state index contributed by atoms with van der Waals surface area (Å²) in [5, 5.41) is 2.89. The lowest BCUT2D eigenvalue weighted by Crippen LogP contribution is -3.18. The molecule has 3 atom stereocenters. The lowest BCUT2D eigenvalue weighted by Gasteiger charge is -2.35. The van der Waals surface area contributed by atoms with E-state index in [1.54, 1.807) is 24.3 Å². The molecule has 2 N–H and O–H groups in total. The molecule has 1 aromatic carbocycles. The molecule has 2 rings (SSSR count). The molecule has 0 unspecified atom stereocenters. The van der Waals surface area contributed by atoms with Gasteiger partial charge in [-0.15, -0.1) is 0 Å². The van der Waals surface area contributed by atoms with Crippen LogP contribution in [0.2, 0.25) is 0 Å². The van der Waals surface area contributed by atoms with E-state index in [9.17, 15) is 13.6 Å². The average Bonchev–Trinajstić information content (AvgIpc) is 2.47. The minimum Gasteiger partial charge on any atom is -0.324 e. The maximum absolute atomic E-state index is 12.4. The van der Waals surface area contributed by atoms with Crippen molar-refractivity contribution in [2.45, 2.75) is 43.9 Å². The molecule has 0 saturated carbocycles. The van der Waals surface area contributed by atoms with Crippen molar-refractivity contribution in [3.8, 4) is 0 Å². The van der Waals surface area contributed by atoms with Crippen molar-refractivity contribution in [1.82, 2.24) is 0 Å². The molecule has 0 aromatic heterocycles. The Labute approximate surface area is 140 Å². The van der Waals surface area contributed by atoms with Gasteiger partial charge < -0.3 is 10.2 Å². The Morgan fingerprint density at radius 1 is 1.22 bits per heavy atom. The van der Waals surface area contributed by atoms with Crippen molar-refractivity contribution in [3.63, 3.8) is 0 Å². The van der Waals surface area contributed by atoms with Gasteiger partial charge in [0.15, 0.2) is 6.04 Å². The van der Waals surface area contributed by atoms with E-state index in [2.05, 4.69) is 19.2 Å². The van der Waals surface area contributed by atoms with Crippen LogP contribution in [0.25, 0.3) is 0 Å². The van der Waals surface area contributed by atoms with Crippen molar-refractivity contribution < 1.29 is 18.5 Å². The molecule has 1 aromatic rings. The molecule has 1 heterocycles. The number of amides is 1. The second-order valence-electron chi connectivity index (χ2n) is 6.63. The predicted octanol–water partition coefficient (Wildman–Crippen LogP) is 2.89. The van der Waals surface area contributed by atoms with E-state index in [0.29, 0.717) is 34.2 Å². The zero-order chi connectivity index (χ0) is 17.0. The lowest BCUT2D eigenvalue weighted by molar-refractivity contribution is -0.925. The molecule has 6 heteroatoms. The van der Waals surface area contributed by atoms with E-state index in [-0.39, 0.29) is 11.9 Å². The van der Waals surface area contributed by atoms with Crippen LogP contribution < -0.4 is 10.2 Å². The summed E-state index contributed by atoms with van der Waals surface area (Å²) in [6, 6.07) is 6.44. The summed E-state index contributed by atoms with van der Waals surface area (Å²) in [5.41, 5.74) is 0.651. The lowest BCUT2D eigenvalue weighted by atomic mass is 9.91. The van der Waals surface area contributed by atoms with Gasteiger partial charge in [0.2, 0.25) is 0 Å². The Kier molecular flexibility index (Phi) is 6.41. The number of hydrogen-bond acceptors (Lipinski definition) is 2. The number of nitrogens with one attached hydrogen (secondary N) is 2. The standard InChI is InChI=1S/C17H24F2N2OS/c1-11-8-12(2)10-21(9-11)13(3)16(22)20-14-4-6-15(7-5-14)23-17(18)19/h4-7,11-13,17H,8-10H2,1-3H3,(H,20,22)/p+1/t11-,12-,13+/m1/s1. The summed E-state index contributed by atoms with van der Waals surface area (Å²) >= 11 is 0.505. The van der Waals surface area contributed by atoms with Crippen LogP contribution in [0, 0.1) is 11.8 Å². The van der Waals surface area contributed by atoms with Gasteiger partial charge in [-0.05, 0) is 37.6 Å². The molecule has 1 aliphatic rings. The van der Waals surface area contributed by atoms with Gasteiger partial charge in [-0.3, -0.25) is 4.79 Å². The monoisotopic (exact) mass is 343 g/mol. The fourth-order valence-electron chi connectivity index (χ4n) is 3.34. The molecule has 23 heavy (non-hydrogen) atoms. The van der Waals surface area contributed by atoms with E-state index in [4.69, 9.17) is 0 Å². The maximum Gasteiger partial charge on any atom is 0.288 e. The topological polar surface area (TPSA) is 33.5 Å². The third-order valence-electron chi connectivity index (χ3n) is 4.38. The third-order valence-corrected chi connectivity index (χ3v) is 5.10. The second kappa shape index (κ2) is 8.11. The van der Waals surface area contributed by atoms with E-state index < -0.39 is 5.76 Å². The summed E-state index contributed by atoms with van der Waals surface area (Å²) < 4.78 is 24.6. The number of thioether (sulfide) groups is 1. The number of hydrogen-bond donors (Lipinski definition) is 2. The van der Waals surface area contributed by atoms with Crippen LogP contribution in [0.1, 0.15) is 27.2 Å². The highest BCUT2D eigenvalue weighted by Gasteiger charge is 2.32. The summed E-state index contributed by atoms with van der Waals surface area (Å²) in [4.78, 5) is 14.2. The Morgan fingerprint density at radius 3 is 2.30 bits per heavy atom. The predicted molar refractivity (Wildman–Crippen MR) is 90.0 cm³/mol. The molecular weight excluding hydrogens is 318 g/mol. The molecule has 128 valence electrons. The van der Waals surface area contributed by atoms with Crippen LogP contribution in [-0.4, -0.2) is 30.8 Å². The van der Waals surface area contributed by atoms with Crippen molar-refractivity contribution in [3.05, 3.63) is 24.3 Å². The molecule has 0 spiro atoms. The largest absolute Gasteiger partial charge is 0.324 e. The number of carbonyl (C=O) groups excluding carboxylic acids is 1. The van der Waals surface area contributed by atoms with Crippen LogP contribution in [-0.2, 0) is 4.79 Å². The van der Waals surface area contributed by atoms with Crippen LogP contribution in [0.15, 0.2) is 29.2 Å². The molecule has 1 amide bonds. The molecule has 3 nitrogen and oxygen atoms in total. The molecule has 1 fully saturated rings. The van der Waals surface area contributed by atoms with Gasteiger partial charge in [0.1, 0.15) is 0 Å². The van der Waals surface area contributed by atoms with E-state index in [0.717, 1.165) is 13.1 Å². The van der Waals surface area contributed by atoms with Gasteiger partial charge in [0.25, 0.3) is 11.7 Å². The van der Waals surface area contributed by atoms with Crippen molar-refractivity contribution in [1.29, 1.82) is 0 Å². The Balaban J connectivity index is 1.92. The summed E-state index contributed by atoms with van der Waals surface area (Å²) in [5.74, 6) is -1.18. The second-order valence-corrected chi connectivity index (χ2v) is 7.69.